The van der Waals surface area contributed by atoms with E-state index in [1.54, 1.807) is 55.7 Å². The second kappa shape index (κ2) is 7.95. The number of aromatic nitrogens is 1. The van der Waals surface area contributed by atoms with Gasteiger partial charge in [-0.25, -0.2) is 14.6 Å². The number of nitrogens with zero attached hydrogens (tertiary/aromatic N) is 2. The molecular weight excluding hydrogens is 396 g/mol. The molecule has 3 aromatic rings. The van der Waals surface area contributed by atoms with Gasteiger partial charge < -0.3 is 19.1 Å². The highest BCUT2D eigenvalue weighted by molar-refractivity contribution is 6.12. The molecule has 156 valence electrons. The van der Waals surface area contributed by atoms with Crippen LogP contribution >= 0.6 is 0 Å². The van der Waals surface area contributed by atoms with Gasteiger partial charge in [0.05, 0.1) is 12.7 Å². The summed E-state index contributed by atoms with van der Waals surface area (Å²) in [5.41, 5.74) is 4.36. The van der Waals surface area contributed by atoms with E-state index in [9.17, 15) is 14.7 Å². The van der Waals surface area contributed by atoms with Crippen LogP contribution in [0.15, 0.2) is 65.3 Å². The third-order valence-corrected chi connectivity index (χ3v) is 5.07. The van der Waals surface area contributed by atoms with Gasteiger partial charge in [0.2, 0.25) is 5.90 Å². The summed E-state index contributed by atoms with van der Waals surface area (Å²) in [6.07, 6.45) is 1.68. The molecule has 31 heavy (non-hydrogen) atoms. The van der Waals surface area contributed by atoms with Gasteiger partial charge in [-0.05, 0) is 74.0 Å². The van der Waals surface area contributed by atoms with E-state index < -0.39 is 11.9 Å². The third kappa shape index (κ3) is 3.85. The Labute approximate surface area is 178 Å². The Morgan fingerprint density at radius 3 is 2.55 bits per heavy atom. The van der Waals surface area contributed by atoms with E-state index in [1.807, 2.05) is 30.5 Å². The van der Waals surface area contributed by atoms with Gasteiger partial charge in [-0.2, -0.15) is 0 Å². The van der Waals surface area contributed by atoms with Crippen molar-refractivity contribution in [3.8, 4) is 11.4 Å². The predicted octanol–water partition coefficient (Wildman–Crippen LogP) is 4.15. The maximum atomic E-state index is 12.4. The molecule has 0 fully saturated rings. The van der Waals surface area contributed by atoms with Crippen molar-refractivity contribution in [3.05, 3.63) is 88.4 Å². The van der Waals surface area contributed by atoms with E-state index in [-0.39, 0.29) is 17.2 Å². The van der Waals surface area contributed by atoms with Gasteiger partial charge in [0.15, 0.2) is 5.70 Å². The van der Waals surface area contributed by atoms with Crippen LogP contribution in [0.2, 0.25) is 0 Å². The van der Waals surface area contributed by atoms with Crippen LogP contribution in [0.25, 0.3) is 11.8 Å². The highest BCUT2D eigenvalue weighted by atomic mass is 16.6. The fraction of sp³-hybridized carbons (Fsp3) is 0.125. The van der Waals surface area contributed by atoms with E-state index >= 15 is 0 Å². The second-order valence-electron chi connectivity index (χ2n) is 7.08. The molecular formula is C24H20N2O5. The number of aryl methyl sites for hydroxylation is 1. The largest absolute Gasteiger partial charge is 0.497 e. The van der Waals surface area contributed by atoms with Crippen LogP contribution in [0.4, 0.5) is 0 Å². The minimum Gasteiger partial charge on any atom is -0.497 e. The summed E-state index contributed by atoms with van der Waals surface area (Å²) in [6.45, 7) is 3.82. The van der Waals surface area contributed by atoms with Crippen molar-refractivity contribution in [2.75, 3.05) is 7.11 Å². The highest BCUT2D eigenvalue weighted by Crippen LogP contribution is 2.26. The Hall–Kier alpha value is -4.13. The van der Waals surface area contributed by atoms with Crippen LogP contribution < -0.4 is 4.74 Å². The molecule has 1 N–H and O–H groups in total. The lowest BCUT2D eigenvalue weighted by Gasteiger charge is -2.10. The first-order chi connectivity index (χ1) is 14.9. The molecule has 0 amide bonds. The van der Waals surface area contributed by atoms with Gasteiger partial charge >= 0.3 is 11.9 Å². The Morgan fingerprint density at radius 1 is 1.13 bits per heavy atom. The number of rotatable bonds is 5. The van der Waals surface area contributed by atoms with Crippen LogP contribution in [-0.2, 0) is 9.53 Å². The molecule has 0 aliphatic carbocycles. The molecule has 1 aliphatic heterocycles. The topological polar surface area (TPSA) is 90.1 Å². The number of carboxylic acids is 1. The quantitative estimate of drug-likeness (QED) is 0.499. The lowest BCUT2D eigenvalue weighted by atomic mass is 10.2. The van der Waals surface area contributed by atoms with E-state index in [1.165, 1.54) is 0 Å². The van der Waals surface area contributed by atoms with Gasteiger partial charge in [0, 0.05) is 22.6 Å². The Kier molecular flexibility index (Phi) is 5.17. The average molecular weight is 416 g/mol. The fourth-order valence-corrected chi connectivity index (χ4v) is 3.52. The number of hydrogen-bond acceptors (Lipinski definition) is 5. The summed E-state index contributed by atoms with van der Waals surface area (Å²) in [7, 11) is 1.58. The van der Waals surface area contributed by atoms with Crippen molar-refractivity contribution in [2.24, 2.45) is 4.99 Å². The van der Waals surface area contributed by atoms with Crippen molar-refractivity contribution in [1.29, 1.82) is 0 Å². The number of carbonyl (C=O) groups excluding carboxylic acids is 1. The van der Waals surface area contributed by atoms with Crippen LogP contribution in [0.1, 0.15) is 32.9 Å². The average Bonchev–Trinajstić information content (AvgIpc) is 3.27. The minimum atomic E-state index is -0.985. The number of aliphatic imine (C=N–C) groups is 1. The van der Waals surface area contributed by atoms with Crippen molar-refractivity contribution in [3.63, 3.8) is 0 Å². The number of aromatic carboxylic acids is 1. The molecule has 0 saturated carbocycles. The summed E-state index contributed by atoms with van der Waals surface area (Å²) < 4.78 is 12.4. The van der Waals surface area contributed by atoms with E-state index in [0.717, 1.165) is 22.6 Å². The van der Waals surface area contributed by atoms with Gasteiger partial charge in [-0.15, -0.1) is 0 Å². The standard InChI is InChI=1S/C24H20N2O5/c1-14-11-18(15(2)26(14)19-6-4-5-17(12-19)23(27)28)13-21-24(29)31-22(25-21)16-7-9-20(30-3)10-8-16/h4-13H,1-3H3,(H,27,28)/b21-13-. The molecule has 0 radical (unpaired) electrons. The monoisotopic (exact) mass is 416 g/mol. The number of methoxy groups -OCH3 is 1. The summed E-state index contributed by atoms with van der Waals surface area (Å²) in [6, 6.07) is 15.7. The second-order valence-corrected chi connectivity index (χ2v) is 7.08. The smallest absolute Gasteiger partial charge is 0.363 e. The first-order valence-corrected chi connectivity index (χ1v) is 9.57. The number of cyclic esters (lactones) is 1. The molecule has 0 unspecified atom stereocenters. The highest BCUT2D eigenvalue weighted by Gasteiger charge is 2.25. The summed E-state index contributed by atoms with van der Waals surface area (Å²) in [5, 5.41) is 9.28. The maximum Gasteiger partial charge on any atom is 0.363 e. The van der Waals surface area contributed by atoms with E-state index in [4.69, 9.17) is 9.47 Å². The van der Waals surface area contributed by atoms with Crippen molar-refractivity contribution in [2.45, 2.75) is 13.8 Å². The van der Waals surface area contributed by atoms with E-state index in [0.29, 0.717) is 11.3 Å². The van der Waals surface area contributed by atoms with Gasteiger partial charge in [0.1, 0.15) is 5.75 Å². The van der Waals surface area contributed by atoms with Crippen molar-refractivity contribution >= 4 is 23.9 Å². The molecule has 0 atom stereocenters. The molecule has 0 saturated heterocycles. The third-order valence-electron chi connectivity index (χ3n) is 5.07. The lowest BCUT2D eigenvalue weighted by molar-refractivity contribution is -0.129. The molecule has 2 aromatic carbocycles. The molecule has 1 aliphatic rings. The first kappa shape index (κ1) is 20.2. The zero-order valence-electron chi connectivity index (χ0n) is 17.2. The zero-order chi connectivity index (χ0) is 22.1. The zero-order valence-corrected chi connectivity index (χ0v) is 17.2. The molecule has 0 spiro atoms. The molecule has 0 bridgehead atoms. The van der Waals surface area contributed by atoms with Crippen molar-refractivity contribution in [1.82, 2.24) is 4.57 Å². The molecule has 2 heterocycles. The minimum absolute atomic E-state index is 0.199. The summed E-state index contributed by atoms with van der Waals surface area (Å²) >= 11 is 0. The maximum absolute atomic E-state index is 12.4. The van der Waals surface area contributed by atoms with Gasteiger partial charge in [-0.3, -0.25) is 0 Å². The van der Waals surface area contributed by atoms with Gasteiger partial charge in [0.25, 0.3) is 0 Å². The van der Waals surface area contributed by atoms with Crippen LogP contribution in [0.3, 0.4) is 0 Å². The molecule has 4 rings (SSSR count). The fourth-order valence-electron chi connectivity index (χ4n) is 3.52. The normalized spacial score (nSPS) is 14.5. The van der Waals surface area contributed by atoms with E-state index in [2.05, 4.69) is 4.99 Å². The van der Waals surface area contributed by atoms with Crippen LogP contribution in [0, 0.1) is 13.8 Å². The Balaban J connectivity index is 1.70. The number of carboxylic acid groups (broad SMARTS) is 1. The number of carbonyl (C=O) groups is 2. The summed E-state index contributed by atoms with van der Waals surface area (Å²) in [5.74, 6) is -0.574. The first-order valence-electron chi connectivity index (χ1n) is 9.57. The summed E-state index contributed by atoms with van der Waals surface area (Å²) in [4.78, 5) is 28.1. The van der Waals surface area contributed by atoms with Crippen molar-refractivity contribution < 1.29 is 24.2 Å². The van der Waals surface area contributed by atoms with Crippen LogP contribution in [0.5, 0.6) is 5.75 Å². The molecule has 7 nitrogen and oxygen atoms in total. The number of hydrogen-bond donors (Lipinski definition) is 1. The van der Waals surface area contributed by atoms with Crippen LogP contribution in [-0.4, -0.2) is 34.6 Å². The Bertz CT molecular complexity index is 1250. The lowest BCUT2D eigenvalue weighted by Crippen LogP contribution is -2.05. The predicted molar refractivity (Wildman–Crippen MR) is 116 cm³/mol. The molecule has 1 aromatic heterocycles. The number of ether oxygens (including phenoxy) is 2. The SMILES string of the molecule is COc1ccc(C2=N/C(=C\c3cc(C)n(-c4cccc(C(=O)O)c4)c3C)C(=O)O2)cc1. The van der Waals surface area contributed by atoms with Gasteiger partial charge in [-0.1, -0.05) is 6.07 Å². The Morgan fingerprint density at radius 2 is 1.87 bits per heavy atom. The molecule has 7 heteroatoms. The number of esters is 1. The number of benzene rings is 2.